The second kappa shape index (κ2) is 11.4. The van der Waals surface area contributed by atoms with Gasteiger partial charge in [-0.05, 0) is 61.6 Å². The summed E-state index contributed by atoms with van der Waals surface area (Å²) in [5.74, 6) is -0.304. The second-order valence-electron chi connectivity index (χ2n) is 7.64. The molecule has 0 fully saturated rings. The number of carbonyl (C=O) groups is 1. The third-order valence-electron chi connectivity index (χ3n) is 5.38. The Kier molecular flexibility index (Phi) is 8.32. The number of benzene rings is 1. The van der Waals surface area contributed by atoms with Crippen molar-refractivity contribution in [3.63, 3.8) is 0 Å². The van der Waals surface area contributed by atoms with Crippen molar-refractivity contribution in [3.05, 3.63) is 82.3 Å². The van der Waals surface area contributed by atoms with E-state index in [1.54, 1.807) is 6.07 Å². The van der Waals surface area contributed by atoms with Gasteiger partial charge in [-0.25, -0.2) is 4.68 Å². The molecule has 1 aromatic carbocycles. The van der Waals surface area contributed by atoms with Gasteiger partial charge in [0, 0.05) is 24.0 Å². The van der Waals surface area contributed by atoms with E-state index in [1.165, 1.54) is 12.3 Å². The minimum absolute atomic E-state index is 0.0336. The highest BCUT2D eigenvalue weighted by Gasteiger charge is 2.20. The maximum atomic E-state index is 12.1. The topological polar surface area (TPSA) is 96.2 Å². The number of hydrogen-bond acceptors (Lipinski definition) is 5. The van der Waals surface area contributed by atoms with Crippen molar-refractivity contribution in [2.24, 2.45) is 0 Å². The zero-order valence-electron chi connectivity index (χ0n) is 17.8. The number of aliphatic hydroxyl groups is 1. The fourth-order valence-electron chi connectivity index (χ4n) is 3.60. The zero-order valence-corrected chi connectivity index (χ0v) is 17.8. The van der Waals surface area contributed by atoms with Gasteiger partial charge in [-0.1, -0.05) is 37.3 Å². The Balaban J connectivity index is 1.46. The Hall–Kier alpha value is -3.03. The number of nitrogens with one attached hydrogen (secondary N) is 2. The number of anilines is 1. The van der Waals surface area contributed by atoms with Crippen molar-refractivity contribution in [2.75, 3.05) is 11.9 Å². The normalized spacial score (nSPS) is 15.2. The lowest BCUT2D eigenvalue weighted by Gasteiger charge is -2.26. The third kappa shape index (κ3) is 6.73. The summed E-state index contributed by atoms with van der Waals surface area (Å²) in [6.07, 6.45) is 10.8. The van der Waals surface area contributed by atoms with E-state index in [0.717, 1.165) is 48.0 Å². The molecule has 7 heteroatoms. The van der Waals surface area contributed by atoms with Crippen LogP contribution in [0, 0.1) is 0 Å². The number of nitrogens with zero attached hydrogens (tertiary/aromatic N) is 2. The van der Waals surface area contributed by atoms with Gasteiger partial charge in [-0.3, -0.25) is 9.59 Å². The van der Waals surface area contributed by atoms with Crippen LogP contribution in [0.1, 0.15) is 31.7 Å². The van der Waals surface area contributed by atoms with Gasteiger partial charge in [0.05, 0.1) is 6.10 Å². The molecule has 0 saturated heterocycles. The van der Waals surface area contributed by atoms with Gasteiger partial charge in [0.25, 0.3) is 5.56 Å². The van der Waals surface area contributed by atoms with Gasteiger partial charge in [0.2, 0.25) is 5.91 Å². The van der Waals surface area contributed by atoms with E-state index in [1.807, 2.05) is 36.4 Å². The van der Waals surface area contributed by atoms with Gasteiger partial charge >= 0.3 is 0 Å². The van der Waals surface area contributed by atoms with Crippen LogP contribution in [0.15, 0.2) is 71.2 Å². The molecular weight excluding hydrogens is 392 g/mol. The van der Waals surface area contributed by atoms with E-state index in [4.69, 9.17) is 0 Å². The molecule has 1 aliphatic carbocycles. The summed E-state index contributed by atoms with van der Waals surface area (Å²) in [5, 5.41) is 20.8. The van der Waals surface area contributed by atoms with Gasteiger partial charge in [0.15, 0.2) is 0 Å². The molecule has 3 rings (SSSR count). The molecule has 1 aliphatic rings. The quantitative estimate of drug-likeness (QED) is 0.547. The standard InChI is InChI=1S/C24H30N4O3/c1-2-21(24(31)19-7-4-3-5-8-19)25-16-14-18-10-12-20(13-11-18)27-22(29)17-28-23(30)9-6-15-26-28/h3-4,6-7,9-13,15,21,24-25,31H,2,5,8,14,16-17H2,1H3,(H,27,29)/t21-,24-/m1/s1. The van der Waals surface area contributed by atoms with E-state index in [9.17, 15) is 14.7 Å². The maximum absolute atomic E-state index is 12.1. The first kappa shape index (κ1) is 22.7. The maximum Gasteiger partial charge on any atom is 0.267 e. The fraction of sp³-hybridized carbons (Fsp3) is 0.375. The van der Waals surface area contributed by atoms with E-state index in [0.29, 0.717) is 5.69 Å². The lowest BCUT2D eigenvalue weighted by Crippen LogP contribution is -2.41. The first-order valence-electron chi connectivity index (χ1n) is 10.7. The van der Waals surface area contributed by atoms with Gasteiger partial charge in [-0.2, -0.15) is 5.10 Å². The molecule has 1 amide bonds. The van der Waals surface area contributed by atoms with E-state index >= 15 is 0 Å². The summed E-state index contributed by atoms with van der Waals surface area (Å²) >= 11 is 0. The molecule has 2 atom stereocenters. The molecule has 2 aromatic rings. The Morgan fingerprint density at radius 2 is 2.06 bits per heavy atom. The van der Waals surface area contributed by atoms with Crippen molar-refractivity contribution >= 4 is 11.6 Å². The molecule has 1 heterocycles. The number of allylic oxidation sites excluding steroid dienone is 3. The Morgan fingerprint density at radius 3 is 2.74 bits per heavy atom. The van der Waals surface area contributed by atoms with Crippen molar-refractivity contribution < 1.29 is 9.90 Å². The number of rotatable bonds is 10. The Morgan fingerprint density at radius 1 is 1.26 bits per heavy atom. The monoisotopic (exact) mass is 422 g/mol. The van der Waals surface area contributed by atoms with Crippen molar-refractivity contribution in [2.45, 2.75) is 51.3 Å². The number of hydrogen-bond donors (Lipinski definition) is 3. The van der Waals surface area contributed by atoms with Crippen molar-refractivity contribution in [1.29, 1.82) is 0 Å². The smallest absolute Gasteiger partial charge is 0.267 e. The van der Waals surface area contributed by atoms with Crippen LogP contribution < -0.4 is 16.2 Å². The summed E-state index contributed by atoms with van der Waals surface area (Å²) in [4.78, 5) is 23.8. The van der Waals surface area contributed by atoms with Crippen LogP contribution >= 0.6 is 0 Å². The van der Waals surface area contributed by atoms with Crippen LogP contribution in [0.4, 0.5) is 5.69 Å². The molecule has 0 bridgehead atoms. The number of amides is 1. The van der Waals surface area contributed by atoms with E-state index in [-0.39, 0.29) is 24.1 Å². The SMILES string of the molecule is CC[C@@H](NCCc1ccc(NC(=O)Cn2ncccc2=O)cc1)[C@H](O)C1=CC=CCC1. The van der Waals surface area contributed by atoms with Gasteiger partial charge in [-0.15, -0.1) is 0 Å². The van der Waals surface area contributed by atoms with Crippen molar-refractivity contribution in [3.8, 4) is 0 Å². The molecule has 0 spiro atoms. The highest BCUT2D eigenvalue weighted by molar-refractivity contribution is 5.90. The molecule has 164 valence electrons. The first-order chi connectivity index (χ1) is 15.1. The lowest BCUT2D eigenvalue weighted by molar-refractivity contribution is -0.117. The van der Waals surface area contributed by atoms with Crippen LogP contribution in [-0.4, -0.2) is 39.5 Å². The number of carbonyl (C=O) groups excluding carboxylic acids is 1. The molecule has 0 unspecified atom stereocenters. The highest BCUT2D eigenvalue weighted by Crippen LogP contribution is 2.19. The predicted molar refractivity (Wildman–Crippen MR) is 122 cm³/mol. The molecule has 0 radical (unpaired) electrons. The van der Waals surface area contributed by atoms with E-state index < -0.39 is 6.10 Å². The largest absolute Gasteiger partial charge is 0.387 e. The minimum atomic E-state index is -0.459. The first-order valence-corrected chi connectivity index (χ1v) is 10.7. The molecule has 0 saturated carbocycles. The molecule has 1 aromatic heterocycles. The zero-order chi connectivity index (χ0) is 22.1. The fourth-order valence-corrected chi connectivity index (χ4v) is 3.60. The Bertz CT molecular complexity index is 979. The summed E-state index contributed by atoms with van der Waals surface area (Å²) in [7, 11) is 0. The Labute approximate surface area is 182 Å². The highest BCUT2D eigenvalue weighted by atomic mass is 16.3. The van der Waals surface area contributed by atoms with Crippen LogP contribution in [0.5, 0.6) is 0 Å². The average molecular weight is 423 g/mol. The molecular formula is C24H30N4O3. The van der Waals surface area contributed by atoms with Crippen LogP contribution in [0.3, 0.4) is 0 Å². The lowest BCUT2D eigenvalue weighted by atomic mass is 9.93. The molecule has 3 N–H and O–H groups in total. The van der Waals surface area contributed by atoms with Crippen LogP contribution in [0.25, 0.3) is 0 Å². The number of aromatic nitrogens is 2. The summed E-state index contributed by atoms with van der Waals surface area (Å²) in [5.41, 5.74) is 2.59. The number of aliphatic hydroxyl groups excluding tert-OH is 1. The third-order valence-corrected chi connectivity index (χ3v) is 5.38. The van der Waals surface area contributed by atoms with Crippen LogP contribution in [-0.2, 0) is 17.8 Å². The second-order valence-corrected chi connectivity index (χ2v) is 7.64. The molecule has 0 aliphatic heterocycles. The van der Waals surface area contributed by atoms with E-state index in [2.05, 4.69) is 28.7 Å². The van der Waals surface area contributed by atoms with Crippen LogP contribution in [0.2, 0.25) is 0 Å². The summed E-state index contributed by atoms with van der Waals surface area (Å²) in [6, 6.07) is 10.6. The minimum Gasteiger partial charge on any atom is -0.387 e. The predicted octanol–water partition coefficient (Wildman–Crippen LogP) is 2.43. The van der Waals surface area contributed by atoms with Gasteiger partial charge in [0.1, 0.15) is 6.54 Å². The summed E-state index contributed by atoms with van der Waals surface area (Å²) < 4.78 is 1.12. The van der Waals surface area contributed by atoms with Gasteiger partial charge < -0.3 is 15.7 Å². The average Bonchev–Trinajstić information content (AvgIpc) is 2.79. The molecule has 7 nitrogen and oxygen atoms in total. The molecule has 31 heavy (non-hydrogen) atoms. The summed E-state index contributed by atoms with van der Waals surface area (Å²) in [6.45, 7) is 2.71. The van der Waals surface area contributed by atoms with Crippen molar-refractivity contribution in [1.82, 2.24) is 15.1 Å².